The Morgan fingerprint density at radius 3 is 2.53 bits per heavy atom. The number of ether oxygens (including phenoxy) is 1. The van der Waals surface area contributed by atoms with Gasteiger partial charge in [0.25, 0.3) is 0 Å². The molecule has 3 nitrogen and oxygen atoms in total. The summed E-state index contributed by atoms with van der Waals surface area (Å²) in [5.74, 6) is 0. The highest BCUT2D eigenvalue weighted by molar-refractivity contribution is 5.22. The summed E-state index contributed by atoms with van der Waals surface area (Å²) in [5.41, 5.74) is 2.79. The zero-order valence-electron chi connectivity index (χ0n) is 12.4. The van der Waals surface area contributed by atoms with E-state index in [4.69, 9.17) is 4.74 Å². The summed E-state index contributed by atoms with van der Waals surface area (Å²) in [5, 5.41) is 3.18. The molecule has 0 saturated carbocycles. The van der Waals surface area contributed by atoms with Crippen molar-refractivity contribution in [3.63, 3.8) is 0 Å². The molecule has 0 radical (unpaired) electrons. The third-order valence-electron chi connectivity index (χ3n) is 4.02. The van der Waals surface area contributed by atoms with Crippen molar-refractivity contribution >= 4 is 0 Å². The van der Waals surface area contributed by atoms with E-state index in [-0.39, 0.29) is 0 Å². The molecule has 1 saturated heterocycles. The van der Waals surface area contributed by atoms with E-state index in [0.717, 1.165) is 32.5 Å². The van der Waals surface area contributed by atoms with Gasteiger partial charge in [-0.3, -0.25) is 4.90 Å². The van der Waals surface area contributed by atoms with E-state index in [1.165, 1.54) is 11.1 Å². The van der Waals surface area contributed by atoms with Crippen LogP contribution < -0.4 is 5.32 Å². The first-order chi connectivity index (χ1) is 9.20. The van der Waals surface area contributed by atoms with Crippen LogP contribution in [0.2, 0.25) is 0 Å². The normalized spacial score (nSPS) is 23.2. The first-order valence-corrected chi connectivity index (χ1v) is 7.25. The van der Waals surface area contributed by atoms with Gasteiger partial charge in [-0.25, -0.2) is 0 Å². The summed E-state index contributed by atoms with van der Waals surface area (Å²) in [4.78, 5) is 2.42. The highest BCUT2D eigenvalue weighted by atomic mass is 16.5. The maximum absolute atomic E-state index is 5.64. The van der Waals surface area contributed by atoms with Crippen molar-refractivity contribution in [3.8, 4) is 0 Å². The van der Waals surface area contributed by atoms with Crippen LogP contribution in [0.25, 0.3) is 0 Å². The molecule has 0 amide bonds. The molecule has 2 unspecified atom stereocenters. The topological polar surface area (TPSA) is 24.5 Å². The molecule has 1 fully saturated rings. The number of hydrogen-bond acceptors (Lipinski definition) is 3. The summed E-state index contributed by atoms with van der Waals surface area (Å²) in [7, 11) is 4.19. The van der Waals surface area contributed by atoms with Gasteiger partial charge in [0, 0.05) is 19.2 Å². The quantitative estimate of drug-likeness (QED) is 0.849. The zero-order valence-corrected chi connectivity index (χ0v) is 12.4. The lowest BCUT2D eigenvalue weighted by molar-refractivity contribution is 0.0814. The van der Waals surface area contributed by atoms with Crippen LogP contribution >= 0.6 is 0 Å². The Labute approximate surface area is 116 Å². The van der Waals surface area contributed by atoms with E-state index in [1.54, 1.807) is 0 Å². The Balaban J connectivity index is 1.88. The van der Waals surface area contributed by atoms with Crippen LogP contribution in [0.4, 0.5) is 0 Å². The fraction of sp³-hybridized carbons (Fsp3) is 0.625. The molecule has 1 aliphatic heterocycles. The first kappa shape index (κ1) is 14.5. The maximum Gasteiger partial charge on any atom is 0.0703 e. The monoisotopic (exact) mass is 262 g/mol. The molecule has 1 aromatic carbocycles. The summed E-state index contributed by atoms with van der Waals surface area (Å²) in [6.07, 6.45) is 2.61. The zero-order chi connectivity index (χ0) is 13.7. The summed E-state index contributed by atoms with van der Waals surface area (Å²) >= 11 is 0. The molecular weight excluding hydrogens is 236 g/mol. The van der Waals surface area contributed by atoms with Crippen LogP contribution in [0, 0.1) is 0 Å². The molecule has 0 spiro atoms. The fourth-order valence-electron chi connectivity index (χ4n) is 2.79. The molecule has 1 heterocycles. The van der Waals surface area contributed by atoms with Crippen molar-refractivity contribution in [3.05, 3.63) is 35.4 Å². The second-order valence-corrected chi connectivity index (χ2v) is 5.52. The second-order valence-electron chi connectivity index (χ2n) is 5.52. The summed E-state index contributed by atoms with van der Waals surface area (Å²) in [6.45, 7) is 5.12. The highest BCUT2D eigenvalue weighted by Gasteiger charge is 2.27. The summed E-state index contributed by atoms with van der Waals surface area (Å²) in [6, 6.07) is 9.55. The number of likely N-dealkylation sites (N-methyl/N-ethyl adjacent to an activating group) is 2. The lowest BCUT2D eigenvalue weighted by Gasteiger charge is -2.26. The predicted molar refractivity (Wildman–Crippen MR) is 79.4 cm³/mol. The van der Waals surface area contributed by atoms with Crippen molar-refractivity contribution in [2.75, 3.05) is 27.2 Å². The number of nitrogens with one attached hydrogen (secondary N) is 1. The van der Waals surface area contributed by atoms with Crippen molar-refractivity contribution in [1.29, 1.82) is 0 Å². The minimum atomic E-state index is 0.361. The molecule has 1 aromatic rings. The number of rotatable bonds is 6. The largest absolute Gasteiger partial charge is 0.377 e. The van der Waals surface area contributed by atoms with Crippen molar-refractivity contribution in [2.24, 2.45) is 0 Å². The van der Waals surface area contributed by atoms with Gasteiger partial charge < -0.3 is 10.1 Å². The number of benzene rings is 1. The third kappa shape index (κ3) is 4.03. The van der Waals surface area contributed by atoms with Crippen molar-refractivity contribution in [2.45, 2.75) is 38.5 Å². The van der Waals surface area contributed by atoms with E-state index in [2.05, 4.69) is 48.5 Å². The third-order valence-corrected chi connectivity index (χ3v) is 4.02. The Morgan fingerprint density at radius 1 is 1.26 bits per heavy atom. The second kappa shape index (κ2) is 7.04. The predicted octanol–water partition coefficient (Wildman–Crippen LogP) is 2.06. The van der Waals surface area contributed by atoms with E-state index < -0.39 is 0 Å². The molecule has 1 aliphatic rings. The molecule has 0 aromatic heterocycles. The van der Waals surface area contributed by atoms with Crippen molar-refractivity contribution < 1.29 is 4.74 Å². The van der Waals surface area contributed by atoms with Crippen LogP contribution in [0.3, 0.4) is 0 Å². The lowest BCUT2D eigenvalue weighted by Crippen LogP contribution is -2.36. The van der Waals surface area contributed by atoms with Crippen LogP contribution in [0.1, 0.15) is 24.5 Å². The van der Waals surface area contributed by atoms with Gasteiger partial charge >= 0.3 is 0 Å². The Bertz CT molecular complexity index is 377. The summed E-state index contributed by atoms with van der Waals surface area (Å²) < 4.78 is 5.64. The molecule has 3 heteroatoms. The van der Waals surface area contributed by atoms with Gasteiger partial charge in [-0.1, -0.05) is 24.3 Å². The van der Waals surface area contributed by atoms with Gasteiger partial charge in [-0.15, -0.1) is 0 Å². The van der Waals surface area contributed by atoms with Crippen LogP contribution in [0.5, 0.6) is 0 Å². The molecule has 0 aliphatic carbocycles. The van der Waals surface area contributed by atoms with E-state index in [0.29, 0.717) is 12.1 Å². The fourth-order valence-corrected chi connectivity index (χ4v) is 2.79. The average molecular weight is 262 g/mol. The van der Waals surface area contributed by atoms with Gasteiger partial charge in [0.05, 0.1) is 6.10 Å². The molecule has 0 bridgehead atoms. The van der Waals surface area contributed by atoms with Gasteiger partial charge in [0.15, 0.2) is 0 Å². The maximum atomic E-state index is 5.64. The lowest BCUT2D eigenvalue weighted by atomic mass is 10.1. The van der Waals surface area contributed by atoms with Gasteiger partial charge in [0.1, 0.15) is 0 Å². The number of hydrogen-bond donors (Lipinski definition) is 1. The minimum absolute atomic E-state index is 0.361. The Hall–Kier alpha value is -0.900. The average Bonchev–Trinajstić information content (AvgIpc) is 2.84. The number of nitrogens with zero attached hydrogens (tertiary/aromatic N) is 1. The molecule has 19 heavy (non-hydrogen) atoms. The SMILES string of the molecule is CNCCc1ccc(CN(C)C2CCOC2C)cc1. The highest BCUT2D eigenvalue weighted by Crippen LogP contribution is 2.20. The van der Waals surface area contributed by atoms with Crippen LogP contribution in [-0.2, 0) is 17.7 Å². The van der Waals surface area contributed by atoms with Gasteiger partial charge in [-0.2, -0.15) is 0 Å². The van der Waals surface area contributed by atoms with Crippen molar-refractivity contribution in [1.82, 2.24) is 10.2 Å². The van der Waals surface area contributed by atoms with Gasteiger partial charge in [0.2, 0.25) is 0 Å². The minimum Gasteiger partial charge on any atom is -0.377 e. The molecule has 2 atom stereocenters. The van der Waals surface area contributed by atoms with Crippen LogP contribution in [-0.4, -0.2) is 44.3 Å². The molecular formula is C16H26N2O. The first-order valence-electron chi connectivity index (χ1n) is 7.25. The smallest absolute Gasteiger partial charge is 0.0703 e. The standard InChI is InChI=1S/C16H26N2O/c1-13-16(9-11-19-13)18(3)12-15-6-4-14(5-7-15)8-10-17-2/h4-7,13,16-17H,8-12H2,1-3H3. The van der Waals surface area contributed by atoms with E-state index >= 15 is 0 Å². The molecule has 1 N–H and O–H groups in total. The Kier molecular flexibility index (Phi) is 5.37. The Morgan fingerprint density at radius 2 is 1.95 bits per heavy atom. The van der Waals surface area contributed by atoms with E-state index in [1.807, 2.05) is 7.05 Å². The van der Waals surface area contributed by atoms with Gasteiger partial charge in [-0.05, 0) is 51.5 Å². The van der Waals surface area contributed by atoms with Crippen LogP contribution in [0.15, 0.2) is 24.3 Å². The molecule has 2 rings (SSSR count). The van der Waals surface area contributed by atoms with E-state index in [9.17, 15) is 0 Å². The molecule has 106 valence electrons.